The zero-order valence-electron chi connectivity index (χ0n) is 3.99. The topological polar surface area (TPSA) is 0 Å². The standard InChI is InChI=1S/2C2H5.Sn.H/c2*1-2;;/h2*1H2,2H3;;. The third-order valence-electron chi connectivity index (χ3n) is 0.577. The Labute approximate surface area is 44.2 Å². The number of hydrogen-bond acceptors (Lipinski definition) is 0. The third kappa shape index (κ3) is 4.80. The van der Waals surface area contributed by atoms with Crippen LogP contribution in [0.1, 0.15) is 13.8 Å². The van der Waals surface area contributed by atoms with Gasteiger partial charge in [-0.3, -0.25) is 0 Å². The fraction of sp³-hybridized carbons (Fsp3) is 1.00. The van der Waals surface area contributed by atoms with Gasteiger partial charge in [-0.15, -0.1) is 0 Å². The summed E-state index contributed by atoms with van der Waals surface area (Å²) < 4.78 is 3.07. The minimum absolute atomic E-state index is 0.0800. The van der Waals surface area contributed by atoms with E-state index >= 15 is 0 Å². The first kappa shape index (κ1) is 5.80. The molecule has 0 aliphatic heterocycles. The van der Waals surface area contributed by atoms with Crippen molar-refractivity contribution in [3.8, 4) is 0 Å². The van der Waals surface area contributed by atoms with Gasteiger partial charge in [0.15, 0.2) is 0 Å². The van der Waals surface area contributed by atoms with Crippen LogP contribution in [0.3, 0.4) is 0 Å². The average molecular weight is 178 g/mol. The molecule has 0 aliphatic carbocycles. The molecule has 1 heteroatoms. The molecule has 0 fully saturated rings. The van der Waals surface area contributed by atoms with Crippen molar-refractivity contribution in [2.75, 3.05) is 0 Å². The van der Waals surface area contributed by atoms with Gasteiger partial charge in [0.1, 0.15) is 0 Å². The molecule has 0 aromatic carbocycles. The van der Waals surface area contributed by atoms with Crippen LogP contribution in [0.5, 0.6) is 0 Å². The average Bonchev–Trinajstić information content (AvgIpc) is 1.41. The Kier molecular flexibility index (Phi) is 5.57. The van der Waals surface area contributed by atoms with Gasteiger partial charge >= 0.3 is 43.9 Å². The second-order valence-corrected chi connectivity index (χ2v) is 7.41. The van der Waals surface area contributed by atoms with Gasteiger partial charge in [-0.25, -0.2) is 0 Å². The molecule has 0 aromatic heterocycles. The van der Waals surface area contributed by atoms with Crippen LogP contribution in [0.4, 0.5) is 0 Å². The number of hydrogen-bond donors (Lipinski definition) is 0. The van der Waals surface area contributed by atoms with Gasteiger partial charge in [-0.05, 0) is 0 Å². The van der Waals surface area contributed by atoms with E-state index in [1.165, 1.54) is 8.87 Å². The Morgan fingerprint density at radius 2 is 1.60 bits per heavy atom. The van der Waals surface area contributed by atoms with E-state index in [1.807, 2.05) is 0 Å². The van der Waals surface area contributed by atoms with E-state index in [0.717, 1.165) is 0 Å². The van der Waals surface area contributed by atoms with Crippen molar-refractivity contribution >= 4 is 21.1 Å². The first-order valence-electron chi connectivity index (χ1n) is 2.23. The van der Waals surface area contributed by atoms with E-state index in [9.17, 15) is 0 Å². The summed E-state index contributed by atoms with van der Waals surface area (Å²) in [7, 11) is 0. The van der Waals surface area contributed by atoms with E-state index < -0.39 is 0 Å². The molecule has 31 valence electrons. The quantitative estimate of drug-likeness (QED) is 0.559. The van der Waals surface area contributed by atoms with Crippen LogP contribution in [-0.4, -0.2) is 21.1 Å². The SMILES string of the molecule is C[CH2][SnH][CH2]C. The van der Waals surface area contributed by atoms with Crippen LogP contribution in [-0.2, 0) is 0 Å². The van der Waals surface area contributed by atoms with Crippen LogP contribution >= 0.6 is 0 Å². The van der Waals surface area contributed by atoms with E-state index in [4.69, 9.17) is 0 Å². The fourth-order valence-corrected chi connectivity index (χ4v) is 1.94. The maximum absolute atomic E-state index is 2.30. The number of rotatable bonds is 2. The van der Waals surface area contributed by atoms with Crippen LogP contribution in [0.15, 0.2) is 0 Å². The van der Waals surface area contributed by atoms with Gasteiger partial charge in [-0.1, -0.05) is 0 Å². The predicted octanol–water partition coefficient (Wildman–Crippen LogP) is 1.30. The molecule has 0 saturated heterocycles. The van der Waals surface area contributed by atoms with Gasteiger partial charge in [0.2, 0.25) is 0 Å². The van der Waals surface area contributed by atoms with Gasteiger partial charge in [0, 0.05) is 0 Å². The monoisotopic (exact) mass is 179 g/mol. The van der Waals surface area contributed by atoms with Crippen molar-refractivity contribution < 1.29 is 0 Å². The molecule has 1 radical (unpaired) electrons. The molecule has 0 rings (SSSR count). The Bertz CT molecular complexity index is 11.1. The minimum atomic E-state index is 0.0800. The Morgan fingerprint density at radius 1 is 1.20 bits per heavy atom. The zero-order valence-corrected chi connectivity index (χ0v) is 7.29. The molecule has 0 aromatic rings. The van der Waals surface area contributed by atoms with E-state index in [1.54, 1.807) is 0 Å². The molecule has 0 saturated carbocycles. The Hall–Kier alpha value is 0.799. The normalized spacial score (nSPS) is 8.40. The molecule has 0 aliphatic rings. The fourth-order valence-electron chi connectivity index (χ4n) is 0.289. The predicted molar refractivity (Wildman–Crippen MR) is 28.1 cm³/mol. The van der Waals surface area contributed by atoms with Gasteiger partial charge < -0.3 is 0 Å². The van der Waals surface area contributed by atoms with Crippen molar-refractivity contribution in [2.45, 2.75) is 22.7 Å². The van der Waals surface area contributed by atoms with Crippen LogP contribution in [0.25, 0.3) is 0 Å². The maximum atomic E-state index is 2.30. The van der Waals surface area contributed by atoms with Crippen molar-refractivity contribution in [3.05, 3.63) is 0 Å². The summed E-state index contributed by atoms with van der Waals surface area (Å²) >= 11 is 0.0800. The summed E-state index contributed by atoms with van der Waals surface area (Å²) in [5, 5.41) is 0. The third-order valence-corrected chi connectivity index (χ3v) is 3.87. The molecular formula is C4H11Sn. The van der Waals surface area contributed by atoms with Crippen LogP contribution < -0.4 is 0 Å². The summed E-state index contributed by atoms with van der Waals surface area (Å²) in [6, 6.07) is 0. The van der Waals surface area contributed by atoms with E-state index in [2.05, 4.69) is 13.8 Å². The van der Waals surface area contributed by atoms with Crippen molar-refractivity contribution in [1.82, 2.24) is 0 Å². The Morgan fingerprint density at radius 3 is 1.60 bits per heavy atom. The second-order valence-electron chi connectivity index (χ2n) is 1.11. The van der Waals surface area contributed by atoms with Crippen LogP contribution in [0.2, 0.25) is 8.87 Å². The molecule has 0 unspecified atom stereocenters. The summed E-state index contributed by atoms with van der Waals surface area (Å²) in [4.78, 5) is 0. The molecule has 0 heterocycles. The molecule has 0 bridgehead atoms. The van der Waals surface area contributed by atoms with Crippen LogP contribution in [0, 0.1) is 0 Å². The molecule has 0 spiro atoms. The molecule has 0 atom stereocenters. The second kappa shape index (κ2) is 4.80. The van der Waals surface area contributed by atoms with E-state index in [0.29, 0.717) is 0 Å². The van der Waals surface area contributed by atoms with E-state index in [-0.39, 0.29) is 21.1 Å². The Balaban J connectivity index is 2.19. The van der Waals surface area contributed by atoms with Crippen molar-refractivity contribution in [1.29, 1.82) is 0 Å². The van der Waals surface area contributed by atoms with Gasteiger partial charge in [0.05, 0.1) is 0 Å². The molecule has 0 nitrogen and oxygen atoms in total. The summed E-state index contributed by atoms with van der Waals surface area (Å²) in [6.45, 7) is 4.59. The zero-order chi connectivity index (χ0) is 4.12. The first-order valence-corrected chi connectivity index (χ1v) is 6.89. The molecule has 5 heavy (non-hydrogen) atoms. The summed E-state index contributed by atoms with van der Waals surface area (Å²) in [5.41, 5.74) is 0. The van der Waals surface area contributed by atoms with Crippen molar-refractivity contribution in [2.24, 2.45) is 0 Å². The summed E-state index contributed by atoms with van der Waals surface area (Å²) in [6.07, 6.45) is 0. The summed E-state index contributed by atoms with van der Waals surface area (Å²) in [5.74, 6) is 0. The molecular weight excluding hydrogens is 167 g/mol. The van der Waals surface area contributed by atoms with Crippen molar-refractivity contribution in [3.63, 3.8) is 0 Å². The first-order chi connectivity index (χ1) is 2.41. The molecule has 0 amide bonds. The van der Waals surface area contributed by atoms with Gasteiger partial charge in [-0.2, -0.15) is 0 Å². The molecule has 0 N–H and O–H groups in total. The van der Waals surface area contributed by atoms with Gasteiger partial charge in [0.25, 0.3) is 0 Å².